The molecule has 82 valence electrons. The maximum atomic E-state index is 5.89. The lowest BCUT2D eigenvalue weighted by atomic mass is 9.87. The van der Waals surface area contributed by atoms with Crippen molar-refractivity contribution in [2.45, 2.75) is 53.2 Å². The van der Waals surface area contributed by atoms with Gasteiger partial charge in [-0.15, -0.1) is 0 Å². The molecule has 0 aromatic heterocycles. The zero-order chi connectivity index (χ0) is 11.2. The molecule has 1 aliphatic heterocycles. The summed E-state index contributed by atoms with van der Waals surface area (Å²) in [5.74, 6) is 0. The Kier molecular flexibility index (Phi) is 2.59. The molecule has 1 aliphatic rings. The predicted molar refractivity (Wildman–Crippen MR) is 63.3 cm³/mol. The topological polar surface area (TPSA) is 9.23 Å². The Balaban J connectivity index is 2.60. The molecule has 0 saturated carbocycles. The molecular formula is C14H20O. The van der Waals surface area contributed by atoms with Crippen molar-refractivity contribution in [2.24, 2.45) is 0 Å². The smallest absolute Gasteiger partial charge is 0.0805 e. The quantitative estimate of drug-likeness (QED) is 0.627. The standard InChI is InChI=1S/C14H20O/c1-8-6-13-7-9(2)15-12(5)14(13)11(4)10(8)3/h6,9,12H,7H2,1-5H3. The molecule has 2 atom stereocenters. The van der Waals surface area contributed by atoms with E-state index in [0.29, 0.717) is 6.10 Å². The van der Waals surface area contributed by atoms with Crippen LogP contribution in [0.4, 0.5) is 0 Å². The van der Waals surface area contributed by atoms with E-state index in [4.69, 9.17) is 4.74 Å². The molecule has 2 unspecified atom stereocenters. The SMILES string of the molecule is Cc1cc2c(c(C)c1C)C(C)OC(C)C2. The molecular weight excluding hydrogens is 184 g/mol. The predicted octanol–water partition coefficient (Wildman–Crippen LogP) is 3.63. The van der Waals surface area contributed by atoms with E-state index in [1.807, 2.05) is 0 Å². The van der Waals surface area contributed by atoms with Gasteiger partial charge in [0.1, 0.15) is 0 Å². The van der Waals surface area contributed by atoms with Gasteiger partial charge in [-0.05, 0) is 68.9 Å². The zero-order valence-corrected chi connectivity index (χ0v) is 10.3. The van der Waals surface area contributed by atoms with Crippen LogP contribution in [0.1, 0.15) is 47.8 Å². The van der Waals surface area contributed by atoms with Gasteiger partial charge >= 0.3 is 0 Å². The monoisotopic (exact) mass is 204 g/mol. The maximum absolute atomic E-state index is 5.89. The molecule has 1 aromatic rings. The van der Waals surface area contributed by atoms with Gasteiger partial charge in [-0.2, -0.15) is 0 Å². The van der Waals surface area contributed by atoms with E-state index in [1.54, 1.807) is 0 Å². The number of fused-ring (bicyclic) bond motifs is 1. The number of aryl methyl sites for hydroxylation is 1. The van der Waals surface area contributed by atoms with Crippen molar-refractivity contribution in [3.63, 3.8) is 0 Å². The fraction of sp³-hybridized carbons (Fsp3) is 0.571. The largest absolute Gasteiger partial charge is 0.371 e. The van der Waals surface area contributed by atoms with Crippen molar-refractivity contribution in [3.05, 3.63) is 33.9 Å². The summed E-state index contributed by atoms with van der Waals surface area (Å²) in [6.07, 6.45) is 1.67. The number of ether oxygens (including phenoxy) is 1. The van der Waals surface area contributed by atoms with Crippen molar-refractivity contribution in [1.29, 1.82) is 0 Å². The molecule has 0 aliphatic carbocycles. The summed E-state index contributed by atoms with van der Waals surface area (Å²) in [5, 5.41) is 0. The summed E-state index contributed by atoms with van der Waals surface area (Å²) in [6, 6.07) is 2.34. The fourth-order valence-electron chi connectivity index (χ4n) is 2.70. The minimum absolute atomic E-state index is 0.253. The molecule has 0 N–H and O–H groups in total. The van der Waals surface area contributed by atoms with Gasteiger partial charge in [0.25, 0.3) is 0 Å². The lowest BCUT2D eigenvalue weighted by Crippen LogP contribution is -2.23. The van der Waals surface area contributed by atoms with Crippen LogP contribution in [-0.2, 0) is 11.2 Å². The maximum Gasteiger partial charge on any atom is 0.0805 e. The Hall–Kier alpha value is -0.820. The molecule has 1 heterocycles. The van der Waals surface area contributed by atoms with Crippen LogP contribution in [0.3, 0.4) is 0 Å². The van der Waals surface area contributed by atoms with Crippen LogP contribution < -0.4 is 0 Å². The fourth-order valence-corrected chi connectivity index (χ4v) is 2.70. The summed E-state index contributed by atoms with van der Waals surface area (Å²) in [6.45, 7) is 10.9. The van der Waals surface area contributed by atoms with Crippen LogP contribution in [0.15, 0.2) is 6.07 Å². The Morgan fingerprint density at radius 2 is 1.80 bits per heavy atom. The van der Waals surface area contributed by atoms with Crippen LogP contribution in [0.25, 0.3) is 0 Å². The molecule has 1 aromatic carbocycles. The van der Waals surface area contributed by atoms with E-state index in [1.165, 1.54) is 27.8 Å². The summed E-state index contributed by atoms with van der Waals surface area (Å²) in [7, 11) is 0. The van der Waals surface area contributed by atoms with Crippen molar-refractivity contribution < 1.29 is 4.74 Å². The highest BCUT2D eigenvalue weighted by Gasteiger charge is 2.24. The summed E-state index contributed by atoms with van der Waals surface area (Å²) in [5.41, 5.74) is 7.16. The van der Waals surface area contributed by atoms with Crippen molar-refractivity contribution in [1.82, 2.24) is 0 Å². The number of rotatable bonds is 0. The van der Waals surface area contributed by atoms with Gasteiger partial charge in [0.05, 0.1) is 12.2 Å². The summed E-state index contributed by atoms with van der Waals surface area (Å²) < 4.78 is 5.89. The van der Waals surface area contributed by atoms with Gasteiger partial charge in [-0.3, -0.25) is 0 Å². The lowest BCUT2D eigenvalue weighted by molar-refractivity contribution is -0.00513. The third-order valence-electron chi connectivity index (χ3n) is 3.65. The molecule has 0 saturated heterocycles. The number of hydrogen-bond donors (Lipinski definition) is 0. The van der Waals surface area contributed by atoms with Gasteiger partial charge in [-0.25, -0.2) is 0 Å². The highest BCUT2D eigenvalue weighted by molar-refractivity contribution is 5.46. The average Bonchev–Trinajstić information content (AvgIpc) is 2.13. The van der Waals surface area contributed by atoms with Crippen LogP contribution in [-0.4, -0.2) is 6.10 Å². The highest BCUT2D eigenvalue weighted by Crippen LogP contribution is 2.34. The first kappa shape index (κ1) is 10.7. The molecule has 1 heteroatoms. The Morgan fingerprint density at radius 3 is 2.47 bits per heavy atom. The second-order valence-electron chi connectivity index (χ2n) is 4.81. The zero-order valence-electron chi connectivity index (χ0n) is 10.3. The second-order valence-corrected chi connectivity index (χ2v) is 4.81. The first-order valence-electron chi connectivity index (χ1n) is 5.75. The molecule has 1 nitrogen and oxygen atoms in total. The first-order chi connectivity index (χ1) is 7.00. The van der Waals surface area contributed by atoms with Crippen LogP contribution in [0.2, 0.25) is 0 Å². The van der Waals surface area contributed by atoms with Gasteiger partial charge in [-0.1, -0.05) is 6.07 Å². The molecule has 0 amide bonds. The Bertz CT molecular complexity index is 393. The van der Waals surface area contributed by atoms with Crippen molar-refractivity contribution in [2.75, 3.05) is 0 Å². The molecule has 15 heavy (non-hydrogen) atoms. The average molecular weight is 204 g/mol. The van der Waals surface area contributed by atoms with E-state index in [0.717, 1.165) is 6.42 Å². The molecule has 0 fully saturated rings. The third kappa shape index (κ3) is 1.69. The van der Waals surface area contributed by atoms with Crippen LogP contribution in [0, 0.1) is 20.8 Å². The summed E-state index contributed by atoms with van der Waals surface area (Å²) in [4.78, 5) is 0. The van der Waals surface area contributed by atoms with Crippen molar-refractivity contribution in [3.8, 4) is 0 Å². The Morgan fingerprint density at radius 1 is 1.13 bits per heavy atom. The number of benzene rings is 1. The Labute approximate surface area is 92.5 Å². The van der Waals surface area contributed by atoms with E-state index < -0.39 is 0 Å². The molecule has 0 radical (unpaired) electrons. The van der Waals surface area contributed by atoms with Gasteiger partial charge in [0, 0.05) is 0 Å². The van der Waals surface area contributed by atoms with Crippen LogP contribution in [0.5, 0.6) is 0 Å². The van der Waals surface area contributed by atoms with Crippen LogP contribution >= 0.6 is 0 Å². The van der Waals surface area contributed by atoms with Gasteiger partial charge in [0.2, 0.25) is 0 Å². The lowest BCUT2D eigenvalue weighted by Gasteiger charge is -2.31. The van der Waals surface area contributed by atoms with Gasteiger partial charge in [0.15, 0.2) is 0 Å². The van der Waals surface area contributed by atoms with E-state index in [9.17, 15) is 0 Å². The van der Waals surface area contributed by atoms with Crippen molar-refractivity contribution >= 4 is 0 Å². The van der Waals surface area contributed by atoms with E-state index in [2.05, 4.69) is 40.7 Å². The molecule has 0 bridgehead atoms. The minimum Gasteiger partial charge on any atom is -0.371 e. The normalized spacial score (nSPS) is 25.1. The van der Waals surface area contributed by atoms with E-state index in [-0.39, 0.29) is 6.10 Å². The second kappa shape index (κ2) is 3.64. The molecule has 2 rings (SSSR count). The van der Waals surface area contributed by atoms with E-state index >= 15 is 0 Å². The minimum atomic E-state index is 0.253. The highest BCUT2D eigenvalue weighted by atomic mass is 16.5. The van der Waals surface area contributed by atoms with Gasteiger partial charge < -0.3 is 4.74 Å². The summed E-state index contributed by atoms with van der Waals surface area (Å²) >= 11 is 0. The first-order valence-corrected chi connectivity index (χ1v) is 5.75. The number of hydrogen-bond acceptors (Lipinski definition) is 1. The third-order valence-corrected chi connectivity index (χ3v) is 3.65. The molecule has 0 spiro atoms.